The van der Waals surface area contributed by atoms with Crippen LogP contribution in [-0.4, -0.2) is 27.5 Å². The lowest BCUT2D eigenvalue weighted by Gasteiger charge is -2.20. The van der Waals surface area contributed by atoms with E-state index >= 15 is 0 Å². The summed E-state index contributed by atoms with van der Waals surface area (Å²) >= 11 is 0. The van der Waals surface area contributed by atoms with Crippen LogP contribution >= 0.6 is 0 Å². The number of hydrogen-bond donors (Lipinski definition) is 3. The van der Waals surface area contributed by atoms with E-state index in [-0.39, 0.29) is 11.1 Å². The molecule has 5 nitrogen and oxygen atoms in total. The number of hydrogen-bond acceptors (Lipinski definition) is 4. The summed E-state index contributed by atoms with van der Waals surface area (Å²) in [6.45, 7) is 3.32. The Morgan fingerprint density at radius 2 is 2.00 bits per heavy atom. The summed E-state index contributed by atoms with van der Waals surface area (Å²) in [5, 5.41) is 17.2. The number of rotatable bonds is 3. The number of carbonyl (C=O) groups is 1. The number of nitrogens with two attached hydrogens (primary N) is 1. The molecule has 0 radical (unpaired) electrons. The first kappa shape index (κ1) is 9.35. The summed E-state index contributed by atoms with van der Waals surface area (Å²) < 4.78 is 0. The predicted molar refractivity (Wildman–Crippen MR) is 34.1 cm³/mol. The molecule has 0 rings (SSSR count). The van der Waals surface area contributed by atoms with Gasteiger partial charge >= 0.3 is 5.97 Å². The first-order valence-electron chi connectivity index (χ1n) is 2.92. The average Bonchev–Trinajstić information content (AvgIpc) is 1.59. The molecule has 1 atom stereocenters. The third-order valence-electron chi connectivity index (χ3n) is 1.17. The minimum atomic E-state index is -1.13. The fraction of sp³-hybridized carbons (Fsp3) is 0.800. The molecular formula is C5H12N2O3. The molecule has 0 aromatic carbocycles. The Kier molecular flexibility index (Phi) is 3.27. The Labute approximate surface area is 59.0 Å². The SMILES string of the molecule is CC(C)C(C(=O)O)N(N)O. The third-order valence-corrected chi connectivity index (χ3v) is 1.17. The highest BCUT2D eigenvalue weighted by atomic mass is 16.5. The zero-order valence-electron chi connectivity index (χ0n) is 5.98. The molecule has 0 saturated carbocycles. The largest absolute Gasteiger partial charge is 0.480 e. The Bertz CT molecular complexity index is 116. The average molecular weight is 148 g/mol. The van der Waals surface area contributed by atoms with E-state index in [1.54, 1.807) is 13.8 Å². The highest BCUT2D eigenvalue weighted by Crippen LogP contribution is 2.04. The summed E-state index contributed by atoms with van der Waals surface area (Å²) in [6, 6.07) is -1.03. The molecule has 0 aliphatic carbocycles. The van der Waals surface area contributed by atoms with Gasteiger partial charge in [-0.25, -0.2) is 5.84 Å². The van der Waals surface area contributed by atoms with Gasteiger partial charge in [-0.15, -0.1) is 5.17 Å². The van der Waals surface area contributed by atoms with Gasteiger partial charge in [-0.3, -0.25) is 10.0 Å². The number of hydroxylamine groups is 1. The smallest absolute Gasteiger partial charge is 0.325 e. The number of carboxylic acid groups (broad SMARTS) is 1. The van der Waals surface area contributed by atoms with Crippen molar-refractivity contribution in [3.63, 3.8) is 0 Å². The lowest BCUT2D eigenvalue weighted by atomic mass is 10.1. The molecule has 0 aliphatic heterocycles. The maximum Gasteiger partial charge on any atom is 0.325 e. The Morgan fingerprint density at radius 3 is 2.00 bits per heavy atom. The zero-order valence-corrected chi connectivity index (χ0v) is 5.98. The lowest BCUT2D eigenvalue weighted by Crippen LogP contribution is -2.46. The zero-order chi connectivity index (χ0) is 8.31. The molecule has 1 unspecified atom stereocenters. The van der Waals surface area contributed by atoms with Crippen molar-refractivity contribution in [1.82, 2.24) is 5.17 Å². The second-order valence-electron chi connectivity index (χ2n) is 2.41. The minimum Gasteiger partial charge on any atom is -0.480 e. The van der Waals surface area contributed by atoms with Crippen molar-refractivity contribution in [2.75, 3.05) is 0 Å². The van der Waals surface area contributed by atoms with E-state index in [1.807, 2.05) is 0 Å². The summed E-state index contributed by atoms with van der Waals surface area (Å²) in [5.74, 6) is 3.51. The summed E-state index contributed by atoms with van der Waals surface area (Å²) in [5.41, 5.74) is 0. The number of carboxylic acids is 1. The molecule has 10 heavy (non-hydrogen) atoms. The van der Waals surface area contributed by atoms with Gasteiger partial charge in [0.05, 0.1) is 0 Å². The molecule has 0 aliphatic rings. The molecule has 0 fully saturated rings. The van der Waals surface area contributed by atoms with Gasteiger partial charge in [0, 0.05) is 0 Å². The van der Waals surface area contributed by atoms with E-state index in [0.717, 1.165) is 0 Å². The molecule has 4 N–H and O–H groups in total. The molecule has 0 heterocycles. The molecule has 0 spiro atoms. The minimum absolute atomic E-state index is 0.215. The van der Waals surface area contributed by atoms with Crippen molar-refractivity contribution >= 4 is 5.97 Å². The van der Waals surface area contributed by atoms with Gasteiger partial charge in [0.1, 0.15) is 6.04 Å². The Balaban J connectivity index is 4.12. The monoisotopic (exact) mass is 148 g/mol. The molecular weight excluding hydrogens is 136 g/mol. The predicted octanol–water partition coefficient (Wildman–Crippen LogP) is -0.339. The maximum absolute atomic E-state index is 10.3. The quantitative estimate of drug-likeness (QED) is 0.376. The van der Waals surface area contributed by atoms with E-state index in [1.165, 1.54) is 0 Å². The van der Waals surface area contributed by atoms with Gasteiger partial charge in [-0.2, -0.15) is 0 Å². The second kappa shape index (κ2) is 3.50. The third kappa shape index (κ3) is 2.30. The van der Waals surface area contributed by atoms with Gasteiger partial charge < -0.3 is 5.11 Å². The molecule has 0 saturated heterocycles. The van der Waals surface area contributed by atoms with Crippen molar-refractivity contribution in [2.45, 2.75) is 19.9 Å². The maximum atomic E-state index is 10.3. The van der Waals surface area contributed by atoms with Gasteiger partial charge in [0.15, 0.2) is 0 Å². The Hall–Kier alpha value is -0.650. The Morgan fingerprint density at radius 1 is 1.60 bits per heavy atom. The van der Waals surface area contributed by atoms with Crippen LogP contribution in [-0.2, 0) is 4.79 Å². The van der Waals surface area contributed by atoms with Crippen molar-refractivity contribution in [1.29, 1.82) is 0 Å². The molecule has 60 valence electrons. The van der Waals surface area contributed by atoms with Gasteiger partial charge in [0.2, 0.25) is 0 Å². The van der Waals surface area contributed by atoms with Gasteiger partial charge in [-0.05, 0) is 5.92 Å². The summed E-state index contributed by atoms with van der Waals surface area (Å²) in [6.07, 6.45) is 0. The molecule has 0 bridgehead atoms. The molecule has 5 heteroatoms. The van der Waals surface area contributed by atoms with Crippen LogP contribution in [0.15, 0.2) is 0 Å². The van der Waals surface area contributed by atoms with Crippen LogP contribution in [0.3, 0.4) is 0 Å². The van der Waals surface area contributed by atoms with Crippen LogP contribution < -0.4 is 5.84 Å². The fourth-order valence-corrected chi connectivity index (χ4v) is 0.704. The van der Waals surface area contributed by atoms with Gasteiger partial charge in [-0.1, -0.05) is 13.8 Å². The highest BCUT2D eigenvalue weighted by molar-refractivity contribution is 5.73. The summed E-state index contributed by atoms with van der Waals surface area (Å²) in [4.78, 5) is 10.3. The van der Waals surface area contributed by atoms with E-state index in [9.17, 15) is 4.79 Å². The first-order chi connectivity index (χ1) is 4.46. The van der Waals surface area contributed by atoms with Crippen molar-refractivity contribution < 1.29 is 15.1 Å². The van der Waals surface area contributed by atoms with Crippen molar-refractivity contribution in [2.24, 2.45) is 11.8 Å². The van der Waals surface area contributed by atoms with Crippen molar-refractivity contribution in [3.05, 3.63) is 0 Å². The molecule has 0 aromatic heterocycles. The topological polar surface area (TPSA) is 86.8 Å². The lowest BCUT2D eigenvalue weighted by molar-refractivity contribution is -0.176. The van der Waals surface area contributed by atoms with Crippen molar-refractivity contribution in [3.8, 4) is 0 Å². The fourth-order valence-electron chi connectivity index (χ4n) is 0.704. The molecule has 0 aromatic rings. The van der Waals surface area contributed by atoms with Gasteiger partial charge in [0.25, 0.3) is 0 Å². The molecule has 0 amide bonds. The van der Waals surface area contributed by atoms with Crippen LogP contribution in [0.2, 0.25) is 0 Å². The highest BCUT2D eigenvalue weighted by Gasteiger charge is 2.25. The first-order valence-corrected chi connectivity index (χ1v) is 2.92. The van der Waals surface area contributed by atoms with Crippen LogP contribution in [0.4, 0.5) is 0 Å². The van der Waals surface area contributed by atoms with Crippen LogP contribution in [0, 0.1) is 5.92 Å². The van der Waals surface area contributed by atoms with E-state index in [2.05, 4.69) is 0 Å². The van der Waals surface area contributed by atoms with Crippen LogP contribution in [0.5, 0.6) is 0 Å². The summed E-state index contributed by atoms with van der Waals surface area (Å²) in [7, 11) is 0. The number of hydrazine groups is 1. The normalized spacial score (nSPS) is 14.2. The van der Waals surface area contributed by atoms with E-state index < -0.39 is 12.0 Å². The van der Waals surface area contributed by atoms with Crippen LogP contribution in [0.1, 0.15) is 13.8 Å². The second-order valence-corrected chi connectivity index (χ2v) is 2.41. The number of aliphatic carboxylic acids is 1. The standard InChI is InChI=1S/C5H12N2O3/c1-3(2)4(5(8)9)7(6)10/h3-4,10H,6H2,1-2H3,(H,8,9). The van der Waals surface area contributed by atoms with E-state index in [4.69, 9.17) is 16.2 Å². The van der Waals surface area contributed by atoms with Crippen LogP contribution in [0.25, 0.3) is 0 Å². The number of nitrogens with zero attached hydrogens (tertiary/aromatic N) is 1. The van der Waals surface area contributed by atoms with E-state index in [0.29, 0.717) is 0 Å².